The summed E-state index contributed by atoms with van der Waals surface area (Å²) in [6, 6.07) is 5.60. The molecule has 0 radical (unpaired) electrons. The van der Waals surface area contributed by atoms with Crippen molar-refractivity contribution in [3.63, 3.8) is 0 Å². The maximum Gasteiger partial charge on any atom is 0.232 e. The summed E-state index contributed by atoms with van der Waals surface area (Å²) in [5, 5.41) is 6.85. The van der Waals surface area contributed by atoms with E-state index >= 15 is 0 Å². The smallest absolute Gasteiger partial charge is 0.232 e. The Kier molecular flexibility index (Phi) is 3.29. The van der Waals surface area contributed by atoms with Gasteiger partial charge in [0.25, 0.3) is 0 Å². The molecule has 0 bridgehead atoms. The van der Waals surface area contributed by atoms with Gasteiger partial charge in [-0.15, -0.1) is 0 Å². The van der Waals surface area contributed by atoms with Gasteiger partial charge in [-0.05, 0) is 25.0 Å². The monoisotopic (exact) mass is 252 g/mol. The maximum absolute atomic E-state index is 12.3. The Labute approximate surface area is 107 Å². The lowest BCUT2D eigenvalue weighted by Crippen LogP contribution is -2.39. The number of nitrogens with one attached hydrogen (secondary N) is 2. The lowest BCUT2D eigenvalue weighted by atomic mass is 9.81. The quantitative estimate of drug-likeness (QED) is 0.846. The van der Waals surface area contributed by atoms with Crippen LogP contribution < -0.4 is 10.6 Å². The van der Waals surface area contributed by atoms with E-state index in [1.807, 2.05) is 26.0 Å². The number of halogens is 1. The van der Waals surface area contributed by atoms with Crippen LogP contribution in [0.15, 0.2) is 18.2 Å². The van der Waals surface area contributed by atoms with Gasteiger partial charge < -0.3 is 10.6 Å². The molecule has 1 aromatic carbocycles. The average Bonchev–Trinajstić information content (AvgIpc) is 2.48. The molecule has 92 valence electrons. The van der Waals surface area contributed by atoms with Gasteiger partial charge in [0, 0.05) is 6.54 Å². The van der Waals surface area contributed by atoms with E-state index in [-0.39, 0.29) is 11.3 Å². The van der Waals surface area contributed by atoms with Crippen molar-refractivity contribution >= 4 is 28.9 Å². The molecule has 0 aliphatic carbocycles. The van der Waals surface area contributed by atoms with E-state index < -0.39 is 0 Å². The number of carbonyl (C=O) groups excluding carboxylic acids is 1. The molecular formula is C13H17ClN2O. The maximum atomic E-state index is 12.3. The second-order valence-electron chi connectivity index (χ2n) is 4.46. The van der Waals surface area contributed by atoms with Crippen LogP contribution in [0.5, 0.6) is 0 Å². The van der Waals surface area contributed by atoms with Crippen molar-refractivity contribution in [2.45, 2.75) is 26.7 Å². The molecule has 0 spiro atoms. The molecule has 0 unspecified atom stereocenters. The largest absolute Gasteiger partial charge is 0.382 e. The predicted octanol–water partition coefficient (Wildman–Crippen LogP) is 3.51. The van der Waals surface area contributed by atoms with Crippen LogP contribution in [0.2, 0.25) is 5.02 Å². The standard InChI is InChI=1S/C13H17ClN2O/c1-3-13(4-2)8-15-10-7-5-6-9(14)11(10)16-12(13)17/h5-7,15H,3-4,8H2,1-2H3,(H,16,17). The van der Waals surface area contributed by atoms with Crippen molar-refractivity contribution in [1.29, 1.82) is 0 Å². The third kappa shape index (κ3) is 2.00. The van der Waals surface area contributed by atoms with Crippen LogP contribution in [0.3, 0.4) is 0 Å². The summed E-state index contributed by atoms with van der Waals surface area (Å²) in [6.45, 7) is 4.74. The number of fused-ring (bicyclic) bond motifs is 1. The van der Waals surface area contributed by atoms with Gasteiger partial charge in [0.1, 0.15) is 0 Å². The van der Waals surface area contributed by atoms with E-state index in [4.69, 9.17) is 11.6 Å². The van der Waals surface area contributed by atoms with Gasteiger partial charge in [-0.1, -0.05) is 31.5 Å². The minimum absolute atomic E-state index is 0.0573. The molecule has 17 heavy (non-hydrogen) atoms. The highest BCUT2D eigenvalue weighted by Gasteiger charge is 2.37. The predicted molar refractivity (Wildman–Crippen MR) is 71.6 cm³/mol. The highest BCUT2D eigenvalue weighted by atomic mass is 35.5. The number of carbonyl (C=O) groups is 1. The minimum atomic E-state index is -0.345. The number of benzene rings is 1. The molecule has 2 N–H and O–H groups in total. The number of amides is 1. The number of hydrogen-bond donors (Lipinski definition) is 2. The van der Waals surface area contributed by atoms with E-state index in [1.54, 1.807) is 6.07 Å². The Hall–Kier alpha value is -1.22. The zero-order valence-electron chi connectivity index (χ0n) is 10.1. The Morgan fingerprint density at radius 3 is 2.71 bits per heavy atom. The molecule has 0 saturated heterocycles. The van der Waals surface area contributed by atoms with Gasteiger partial charge in [0.2, 0.25) is 5.91 Å². The molecule has 0 saturated carbocycles. The molecule has 2 rings (SSSR count). The van der Waals surface area contributed by atoms with Crippen LogP contribution in [-0.2, 0) is 4.79 Å². The molecule has 0 fully saturated rings. The first kappa shape index (κ1) is 12.2. The minimum Gasteiger partial charge on any atom is -0.382 e. The van der Waals surface area contributed by atoms with Crippen molar-refractivity contribution in [2.75, 3.05) is 17.2 Å². The van der Waals surface area contributed by atoms with Gasteiger partial charge in [-0.2, -0.15) is 0 Å². The summed E-state index contributed by atoms with van der Waals surface area (Å²) in [5.74, 6) is 0.0573. The summed E-state index contributed by atoms with van der Waals surface area (Å²) in [4.78, 5) is 12.3. The zero-order valence-corrected chi connectivity index (χ0v) is 10.9. The molecule has 0 aromatic heterocycles. The zero-order chi connectivity index (χ0) is 12.5. The number of hydrogen-bond acceptors (Lipinski definition) is 2. The molecule has 4 heteroatoms. The Morgan fingerprint density at radius 2 is 2.06 bits per heavy atom. The van der Waals surface area contributed by atoms with E-state index in [0.29, 0.717) is 17.3 Å². The molecule has 3 nitrogen and oxygen atoms in total. The fraction of sp³-hybridized carbons (Fsp3) is 0.462. The van der Waals surface area contributed by atoms with E-state index in [9.17, 15) is 4.79 Å². The lowest BCUT2D eigenvalue weighted by Gasteiger charge is -2.27. The molecule has 1 heterocycles. The van der Waals surface area contributed by atoms with Crippen molar-refractivity contribution < 1.29 is 4.79 Å². The number of rotatable bonds is 2. The summed E-state index contributed by atoms with van der Waals surface area (Å²) in [6.07, 6.45) is 1.63. The average molecular weight is 253 g/mol. The number of anilines is 2. The van der Waals surface area contributed by atoms with Crippen LogP contribution in [-0.4, -0.2) is 12.5 Å². The Balaban J connectivity index is 2.41. The summed E-state index contributed by atoms with van der Waals surface area (Å²) in [5.41, 5.74) is 1.25. The van der Waals surface area contributed by atoms with Gasteiger partial charge in [0.15, 0.2) is 0 Å². The van der Waals surface area contributed by atoms with Crippen LogP contribution >= 0.6 is 11.6 Å². The van der Waals surface area contributed by atoms with Crippen molar-refractivity contribution in [3.8, 4) is 0 Å². The van der Waals surface area contributed by atoms with Crippen molar-refractivity contribution in [2.24, 2.45) is 5.41 Å². The van der Waals surface area contributed by atoms with Crippen LogP contribution in [0.25, 0.3) is 0 Å². The molecule has 1 aliphatic heterocycles. The molecule has 0 atom stereocenters. The molecule has 1 amide bonds. The lowest BCUT2D eigenvalue weighted by molar-refractivity contribution is -0.125. The van der Waals surface area contributed by atoms with Crippen LogP contribution in [0.4, 0.5) is 11.4 Å². The van der Waals surface area contributed by atoms with Crippen LogP contribution in [0, 0.1) is 5.41 Å². The first-order valence-electron chi connectivity index (χ1n) is 5.97. The third-order valence-corrected chi connectivity index (χ3v) is 4.02. The van der Waals surface area contributed by atoms with E-state index in [0.717, 1.165) is 18.5 Å². The van der Waals surface area contributed by atoms with Crippen molar-refractivity contribution in [1.82, 2.24) is 0 Å². The summed E-state index contributed by atoms with van der Waals surface area (Å²) in [7, 11) is 0. The van der Waals surface area contributed by atoms with Gasteiger partial charge in [0.05, 0.1) is 21.8 Å². The fourth-order valence-electron chi connectivity index (χ4n) is 2.21. The molecular weight excluding hydrogens is 236 g/mol. The van der Waals surface area contributed by atoms with E-state index in [2.05, 4.69) is 10.6 Å². The van der Waals surface area contributed by atoms with Gasteiger partial charge in [-0.25, -0.2) is 0 Å². The van der Waals surface area contributed by atoms with Gasteiger partial charge in [-0.3, -0.25) is 4.79 Å². The first-order chi connectivity index (χ1) is 8.13. The third-order valence-electron chi connectivity index (χ3n) is 3.70. The van der Waals surface area contributed by atoms with E-state index in [1.165, 1.54) is 0 Å². The highest BCUT2D eigenvalue weighted by molar-refractivity contribution is 6.34. The molecule has 1 aliphatic rings. The topological polar surface area (TPSA) is 41.1 Å². The summed E-state index contributed by atoms with van der Waals surface area (Å²) < 4.78 is 0. The van der Waals surface area contributed by atoms with Crippen LogP contribution in [0.1, 0.15) is 26.7 Å². The fourth-order valence-corrected chi connectivity index (χ4v) is 2.43. The van der Waals surface area contributed by atoms with Gasteiger partial charge >= 0.3 is 0 Å². The second kappa shape index (κ2) is 4.57. The normalized spacial score (nSPS) is 17.7. The Morgan fingerprint density at radius 1 is 1.35 bits per heavy atom. The SMILES string of the molecule is CCC1(CC)CNc2cccc(Cl)c2NC1=O. The second-order valence-corrected chi connectivity index (χ2v) is 4.86. The molecule has 1 aromatic rings. The summed E-state index contributed by atoms with van der Waals surface area (Å²) >= 11 is 6.10. The first-order valence-corrected chi connectivity index (χ1v) is 6.34. The van der Waals surface area contributed by atoms with Crippen molar-refractivity contribution in [3.05, 3.63) is 23.2 Å². The Bertz CT molecular complexity index is 441. The highest BCUT2D eigenvalue weighted by Crippen LogP contribution is 2.37. The number of para-hydroxylation sites is 1.